The smallest absolute Gasteiger partial charge is 0.249 e. The molecule has 1 aliphatic rings. The number of ether oxygens (including phenoxy) is 1. The Morgan fingerprint density at radius 2 is 1.38 bits per heavy atom. The number of carbonyl (C=O) groups excluding carboxylic acids is 2. The van der Waals surface area contributed by atoms with E-state index in [-0.39, 0.29) is 11.1 Å². The van der Waals surface area contributed by atoms with Crippen LogP contribution in [0.15, 0.2) is 35.8 Å². The molecule has 0 radical (unpaired) electrons. The molecule has 0 spiro atoms. The SMILES string of the molecule is NC(=O)C1=C(C(N)=O)C=COC=C1. The van der Waals surface area contributed by atoms with Crippen molar-refractivity contribution in [3.63, 3.8) is 0 Å². The van der Waals surface area contributed by atoms with Crippen molar-refractivity contribution in [2.75, 3.05) is 0 Å². The van der Waals surface area contributed by atoms with Gasteiger partial charge in [0.2, 0.25) is 11.8 Å². The van der Waals surface area contributed by atoms with Gasteiger partial charge in [-0.1, -0.05) is 0 Å². The van der Waals surface area contributed by atoms with Crippen molar-refractivity contribution in [2.24, 2.45) is 11.5 Å². The first kappa shape index (κ1) is 9.05. The summed E-state index contributed by atoms with van der Waals surface area (Å²) >= 11 is 0. The van der Waals surface area contributed by atoms with Crippen molar-refractivity contribution in [2.45, 2.75) is 0 Å². The fourth-order valence-corrected chi connectivity index (χ4v) is 0.869. The van der Waals surface area contributed by atoms with Gasteiger partial charge in [-0.05, 0) is 12.2 Å². The summed E-state index contributed by atoms with van der Waals surface area (Å²) < 4.78 is 4.74. The maximum Gasteiger partial charge on any atom is 0.249 e. The van der Waals surface area contributed by atoms with Crippen molar-refractivity contribution in [3.8, 4) is 0 Å². The van der Waals surface area contributed by atoms with Crippen LogP contribution >= 0.6 is 0 Å². The molecule has 5 heteroatoms. The van der Waals surface area contributed by atoms with Crippen LogP contribution in [0.5, 0.6) is 0 Å². The molecule has 0 aromatic heterocycles. The molecule has 2 amide bonds. The Labute approximate surface area is 74.3 Å². The van der Waals surface area contributed by atoms with E-state index in [1.807, 2.05) is 0 Å². The van der Waals surface area contributed by atoms with Crippen LogP contribution in [0.2, 0.25) is 0 Å². The largest absolute Gasteiger partial charge is 0.473 e. The average molecular weight is 180 g/mol. The molecule has 68 valence electrons. The van der Waals surface area contributed by atoms with Gasteiger partial charge in [-0.2, -0.15) is 0 Å². The summed E-state index contributed by atoms with van der Waals surface area (Å²) in [6, 6.07) is 0. The summed E-state index contributed by atoms with van der Waals surface area (Å²) in [4.78, 5) is 21.7. The highest BCUT2D eigenvalue weighted by Gasteiger charge is 2.13. The molecular weight excluding hydrogens is 172 g/mol. The van der Waals surface area contributed by atoms with Crippen LogP contribution in [0.1, 0.15) is 0 Å². The van der Waals surface area contributed by atoms with Crippen molar-refractivity contribution < 1.29 is 14.3 Å². The lowest BCUT2D eigenvalue weighted by Crippen LogP contribution is -2.20. The van der Waals surface area contributed by atoms with E-state index in [1.54, 1.807) is 0 Å². The number of carbonyl (C=O) groups is 2. The van der Waals surface area contributed by atoms with Crippen molar-refractivity contribution in [3.05, 3.63) is 35.8 Å². The number of primary amides is 2. The molecule has 0 atom stereocenters. The maximum atomic E-state index is 10.8. The minimum atomic E-state index is -0.722. The summed E-state index contributed by atoms with van der Waals surface area (Å²) in [6.07, 6.45) is 5.07. The molecule has 0 unspecified atom stereocenters. The second-order valence-electron chi connectivity index (χ2n) is 2.30. The summed E-state index contributed by atoms with van der Waals surface area (Å²) in [5.41, 5.74) is 10.1. The van der Waals surface area contributed by atoms with Crippen molar-refractivity contribution in [1.82, 2.24) is 0 Å². The topological polar surface area (TPSA) is 95.4 Å². The van der Waals surface area contributed by atoms with E-state index in [2.05, 4.69) is 0 Å². The van der Waals surface area contributed by atoms with Gasteiger partial charge in [-0.25, -0.2) is 0 Å². The molecule has 13 heavy (non-hydrogen) atoms. The molecule has 0 saturated carbocycles. The predicted molar refractivity (Wildman–Crippen MR) is 44.8 cm³/mol. The van der Waals surface area contributed by atoms with E-state index in [0.717, 1.165) is 0 Å². The van der Waals surface area contributed by atoms with E-state index in [1.165, 1.54) is 24.7 Å². The number of hydrogen-bond acceptors (Lipinski definition) is 3. The van der Waals surface area contributed by atoms with Gasteiger partial charge >= 0.3 is 0 Å². The Kier molecular flexibility index (Phi) is 2.49. The van der Waals surface area contributed by atoms with Crippen LogP contribution < -0.4 is 11.5 Å². The quantitative estimate of drug-likeness (QED) is 0.588. The van der Waals surface area contributed by atoms with Gasteiger partial charge in [-0.3, -0.25) is 9.59 Å². The van der Waals surface area contributed by atoms with Crippen LogP contribution in [0.25, 0.3) is 0 Å². The molecule has 5 nitrogen and oxygen atoms in total. The Morgan fingerprint density at radius 3 is 1.69 bits per heavy atom. The zero-order valence-corrected chi connectivity index (χ0v) is 6.69. The number of hydrogen-bond donors (Lipinski definition) is 2. The Bertz CT molecular complexity index is 307. The van der Waals surface area contributed by atoms with E-state index in [0.29, 0.717) is 0 Å². The second kappa shape index (κ2) is 3.57. The standard InChI is InChI=1S/C8H8N2O3/c9-7(11)5-1-3-13-4-2-6(5)8(10)12/h1-4H,(H2,9,11)(H2,10,12). The van der Waals surface area contributed by atoms with E-state index >= 15 is 0 Å². The van der Waals surface area contributed by atoms with Gasteiger partial charge < -0.3 is 16.2 Å². The third kappa shape index (κ3) is 1.96. The molecule has 1 rings (SSSR count). The molecule has 0 aromatic rings. The lowest BCUT2D eigenvalue weighted by Gasteiger charge is -1.98. The first-order valence-corrected chi connectivity index (χ1v) is 3.45. The van der Waals surface area contributed by atoms with E-state index < -0.39 is 11.8 Å². The zero-order valence-electron chi connectivity index (χ0n) is 6.69. The molecule has 0 saturated heterocycles. The molecule has 1 heterocycles. The third-order valence-corrected chi connectivity index (χ3v) is 1.45. The van der Waals surface area contributed by atoms with Gasteiger partial charge in [0, 0.05) is 0 Å². The van der Waals surface area contributed by atoms with Gasteiger partial charge in [0.05, 0.1) is 23.7 Å². The zero-order chi connectivity index (χ0) is 9.84. The Hall–Kier alpha value is -2.04. The van der Waals surface area contributed by atoms with E-state index in [4.69, 9.17) is 16.2 Å². The molecule has 1 aliphatic heterocycles. The summed E-state index contributed by atoms with van der Waals surface area (Å²) in [6.45, 7) is 0. The molecule has 0 aromatic carbocycles. The molecule has 0 bridgehead atoms. The fraction of sp³-hybridized carbons (Fsp3) is 0. The van der Waals surface area contributed by atoms with Crippen molar-refractivity contribution >= 4 is 11.8 Å². The van der Waals surface area contributed by atoms with Crippen LogP contribution in [0.3, 0.4) is 0 Å². The third-order valence-electron chi connectivity index (χ3n) is 1.45. The average Bonchev–Trinajstić information content (AvgIpc) is 2.27. The molecule has 0 aliphatic carbocycles. The second-order valence-corrected chi connectivity index (χ2v) is 2.30. The number of nitrogens with two attached hydrogens (primary N) is 2. The minimum absolute atomic E-state index is 0.0428. The van der Waals surface area contributed by atoms with Crippen LogP contribution in [-0.4, -0.2) is 11.8 Å². The fourth-order valence-electron chi connectivity index (χ4n) is 0.869. The highest BCUT2D eigenvalue weighted by Crippen LogP contribution is 2.10. The van der Waals surface area contributed by atoms with Crippen LogP contribution in [0, 0.1) is 0 Å². The maximum absolute atomic E-state index is 10.8. The lowest BCUT2D eigenvalue weighted by molar-refractivity contribution is -0.116. The monoisotopic (exact) mass is 180 g/mol. The Balaban J connectivity index is 3.23. The molecule has 4 N–H and O–H groups in total. The highest BCUT2D eigenvalue weighted by molar-refractivity contribution is 6.07. The highest BCUT2D eigenvalue weighted by atomic mass is 16.5. The van der Waals surface area contributed by atoms with Crippen LogP contribution in [0.4, 0.5) is 0 Å². The van der Waals surface area contributed by atoms with Crippen molar-refractivity contribution in [1.29, 1.82) is 0 Å². The number of rotatable bonds is 2. The first-order valence-electron chi connectivity index (χ1n) is 3.45. The summed E-state index contributed by atoms with van der Waals surface area (Å²) in [5, 5.41) is 0. The summed E-state index contributed by atoms with van der Waals surface area (Å²) in [5.74, 6) is -1.44. The summed E-state index contributed by atoms with van der Waals surface area (Å²) in [7, 11) is 0. The number of amides is 2. The van der Waals surface area contributed by atoms with Gasteiger partial charge in [0.15, 0.2) is 0 Å². The predicted octanol–water partition coefficient (Wildman–Crippen LogP) is -0.689. The minimum Gasteiger partial charge on any atom is -0.473 e. The Morgan fingerprint density at radius 1 is 1.00 bits per heavy atom. The van der Waals surface area contributed by atoms with Crippen LogP contribution in [-0.2, 0) is 14.3 Å². The molecule has 0 fully saturated rings. The first-order chi connectivity index (χ1) is 6.13. The van der Waals surface area contributed by atoms with Gasteiger partial charge in [-0.15, -0.1) is 0 Å². The van der Waals surface area contributed by atoms with E-state index in [9.17, 15) is 9.59 Å². The molecular formula is C8H8N2O3. The van der Waals surface area contributed by atoms with Gasteiger partial charge in [0.1, 0.15) is 0 Å². The van der Waals surface area contributed by atoms with Gasteiger partial charge in [0.25, 0.3) is 0 Å². The lowest BCUT2D eigenvalue weighted by atomic mass is 10.1. The normalized spacial score (nSPS) is 15.1.